The van der Waals surface area contributed by atoms with Gasteiger partial charge in [-0.2, -0.15) is 0 Å². The number of ether oxygens (including phenoxy) is 3. The van der Waals surface area contributed by atoms with Crippen LogP contribution < -0.4 is 0 Å². The van der Waals surface area contributed by atoms with E-state index in [9.17, 15) is 14.4 Å². The van der Waals surface area contributed by atoms with Crippen molar-refractivity contribution in [2.45, 2.75) is 290 Å². The average Bonchev–Trinajstić information content (AvgIpc) is 3.40. The highest BCUT2D eigenvalue weighted by Gasteiger charge is 2.19. The van der Waals surface area contributed by atoms with E-state index in [1.165, 1.54) is 122 Å². The first-order valence-electron chi connectivity index (χ1n) is 30.9. The molecule has 74 heavy (non-hydrogen) atoms. The fourth-order valence-corrected chi connectivity index (χ4v) is 8.39. The summed E-state index contributed by atoms with van der Waals surface area (Å²) in [5, 5.41) is 0. The summed E-state index contributed by atoms with van der Waals surface area (Å²) in [6.07, 6.45) is 84.1. The van der Waals surface area contributed by atoms with Crippen molar-refractivity contribution in [1.29, 1.82) is 0 Å². The van der Waals surface area contributed by atoms with E-state index in [1.807, 2.05) is 0 Å². The monoisotopic (exact) mass is 1030 g/mol. The van der Waals surface area contributed by atoms with E-state index in [0.29, 0.717) is 19.3 Å². The van der Waals surface area contributed by atoms with Gasteiger partial charge in [0.25, 0.3) is 0 Å². The van der Waals surface area contributed by atoms with E-state index in [-0.39, 0.29) is 31.1 Å². The molecule has 0 aliphatic heterocycles. The molecule has 0 aromatic carbocycles. The summed E-state index contributed by atoms with van der Waals surface area (Å²) in [6.45, 7) is 6.44. The minimum absolute atomic E-state index is 0.0897. The molecule has 0 rings (SSSR count). The summed E-state index contributed by atoms with van der Waals surface area (Å²) in [5.41, 5.74) is 0. The van der Waals surface area contributed by atoms with E-state index < -0.39 is 6.10 Å². The normalized spacial score (nSPS) is 12.9. The Morgan fingerprint density at radius 2 is 0.527 bits per heavy atom. The molecule has 0 fully saturated rings. The third kappa shape index (κ3) is 59.0. The Hall–Kier alpha value is -3.93. The van der Waals surface area contributed by atoms with Gasteiger partial charge in [-0.3, -0.25) is 14.4 Å². The Labute approximate surface area is 457 Å². The number of rotatable bonds is 55. The Kier molecular flexibility index (Phi) is 58.3. The standard InChI is InChI=1S/C68H114O6/c1-4-7-10-13-16-18-20-22-24-26-28-30-32-33-34-35-37-38-40-42-44-46-48-50-52-55-58-61-67(70)73-64-65(63-72-66(69)60-57-54-15-12-9-6-3)74-68(71)62-59-56-53-51-49-47-45-43-41-39-36-31-29-27-25-23-21-19-17-14-11-8-5-2/h8,11,17,19-20,22-23,25-26,28-29,31-33,39,41,45,47,65H,4-7,9-10,12-16,18,21,24,27,30,34-38,40,42-44,46,48-64H2,1-3H3/b11-8-,19-17-,22-20-,25-23-,28-26-,31-29-,33-32-,41-39-,47-45-. The van der Waals surface area contributed by atoms with Crippen molar-refractivity contribution in [3.05, 3.63) is 109 Å². The first-order chi connectivity index (χ1) is 36.5. The molecule has 0 bridgehead atoms. The van der Waals surface area contributed by atoms with Gasteiger partial charge in [-0.15, -0.1) is 0 Å². The van der Waals surface area contributed by atoms with Gasteiger partial charge in [0, 0.05) is 19.3 Å². The zero-order valence-electron chi connectivity index (χ0n) is 48.3. The van der Waals surface area contributed by atoms with Gasteiger partial charge < -0.3 is 14.2 Å². The maximum absolute atomic E-state index is 12.8. The van der Waals surface area contributed by atoms with Crippen molar-refractivity contribution in [1.82, 2.24) is 0 Å². The number of unbranched alkanes of at least 4 members (excludes halogenated alkanes) is 26. The number of carbonyl (C=O) groups excluding carboxylic acids is 3. The average molecular weight is 1030 g/mol. The fraction of sp³-hybridized carbons (Fsp3) is 0.691. The van der Waals surface area contributed by atoms with Crippen LogP contribution in [-0.2, 0) is 28.6 Å². The van der Waals surface area contributed by atoms with Crippen molar-refractivity contribution < 1.29 is 28.6 Å². The predicted octanol–water partition coefficient (Wildman–Crippen LogP) is 21.0. The van der Waals surface area contributed by atoms with Crippen LogP contribution in [0.2, 0.25) is 0 Å². The lowest BCUT2D eigenvalue weighted by Gasteiger charge is -2.18. The highest BCUT2D eigenvalue weighted by atomic mass is 16.6. The lowest BCUT2D eigenvalue weighted by atomic mass is 10.0. The molecule has 1 atom stereocenters. The van der Waals surface area contributed by atoms with Crippen LogP contribution in [0.5, 0.6) is 0 Å². The minimum Gasteiger partial charge on any atom is -0.462 e. The summed E-state index contributed by atoms with van der Waals surface area (Å²) >= 11 is 0. The highest BCUT2D eigenvalue weighted by Crippen LogP contribution is 2.15. The molecule has 0 aliphatic carbocycles. The summed E-state index contributed by atoms with van der Waals surface area (Å²) in [7, 11) is 0. The van der Waals surface area contributed by atoms with Crippen LogP contribution in [0, 0.1) is 0 Å². The number of carbonyl (C=O) groups is 3. The summed E-state index contributed by atoms with van der Waals surface area (Å²) < 4.78 is 16.8. The molecule has 0 radical (unpaired) electrons. The number of hydrogen-bond acceptors (Lipinski definition) is 6. The van der Waals surface area contributed by atoms with Gasteiger partial charge in [-0.25, -0.2) is 0 Å². The minimum atomic E-state index is -0.791. The van der Waals surface area contributed by atoms with E-state index in [2.05, 4.69) is 130 Å². The molecule has 0 saturated carbocycles. The number of allylic oxidation sites excluding steroid dienone is 18. The van der Waals surface area contributed by atoms with Crippen LogP contribution in [0.3, 0.4) is 0 Å². The summed E-state index contributed by atoms with van der Waals surface area (Å²) in [6, 6.07) is 0. The van der Waals surface area contributed by atoms with Crippen LogP contribution in [0.1, 0.15) is 284 Å². The Morgan fingerprint density at radius 3 is 0.824 bits per heavy atom. The quantitative estimate of drug-likeness (QED) is 0.0261. The van der Waals surface area contributed by atoms with Crippen molar-refractivity contribution >= 4 is 17.9 Å². The van der Waals surface area contributed by atoms with Crippen molar-refractivity contribution in [3.63, 3.8) is 0 Å². The van der Waals surface area contributed by atoms with Crippen LogP contribution in [0.25, 0.3) is 0 Å². The van der Waals surface area contributed by atoms with Gasteiger partial charge in [0.05, 0.1) is 0 Å². The smallest absolute Gasteiger partial charge is 0.306 e. The van der Waals surface area contributed by atoms with Crippen molar-refractivity contribution in [2.24, 2.45) is 0 Å². The molecule has 0 aromatic heterocycles. The summed E-state index contributed by atoms with van der Waals surface area (Å²) in [4.78, 5) is 38.0. The molecule has 422 valence electrons. The molecular formula is C68H114O6. The molecule has 6 heteroatoms. The van der Waals surface area contributed by atoms with Gasteiger partial charge >= 0.3 is 17.9 Å². The molecule has 0 saturated heterocycles. The zero-order chi connectivity index (χ0) is 53.6. The SMILES string of the molecule is CC/C=C\C/C=C\C/C=C\C/C=C\C/C=C\C/C=C\CCCCCCC(=O)OC(COC(=O)CCCCCCCC)COC(=O)CCCCCCCCCCCCCC/C=C\C/C=C\C/C=C\CCCCCCC. The fourth-order valence-electron chi connectivity index (χ4n) is 8.39. The largest absolute Gasteiger partial charge is 0.462 e. The molecule has 0 spiro atoms. The van der Waals surface area contributed by atoms with Crippen molar-refractivity contribution in [2.75, 3.05) is 13.2 Å². The highest BCUT2D eigenvalue weighted by molar-refractivity contribution is 5.71. The molecular weight excluding hydrogens is 913 g/mol. The van der Waals surface area contributed by atoms with Crippen molar-refractivity contribution in [3.8, 4) is 0 Å². The molecule has 0 aromatic rings. The van der Waals surface area contributed by atoms with Gasteiger partial charge in [-0.05, 0) is 109 Å². The van der Waals surface area contributed by atoms with E-state index >= 15 is 0 Å². The van der Waals surface area contributed by atoms with E-state index in [4.69, 9.17) is 14.2 Å². The molecule has 0 aliphatic rings. The molecule has 0 amide bonds. The molecule has 1 unspecified atom stereocenters. The maximum atomic E-state index is 12.8. The first-order valence-corrected chi connectivity index (χ1v) is 30.9. The van der Waals surface area contributed by atoms with Gasteiger partial charge in [0.1, 0.15) is 13.2 Å². The number of esters is 3. The number of hydrogen-bond donors (Lipinski definition) is 0. The molecule has 0 heterocycles. The van der Waals surface area contributed by atoms with Gasteiger partial charge in [0.15, 0.2) is 6.10 Å². The lowest BCUT2D eigenvalue weighted by molar-refractivity contribution is -0.167. The van der Waals surface area contributed by atoms with Crippen LogP contribution in [-0.4, -0.2) is 37.2 Å². The summed E-state index contributed by atoms with van der Waals surface area (Å²) in [5.74, 6) is -0.924. The maximum Gasteiger partial charge on any atom is 0.306 e. The molecule has 6 nitrogen and oxygen atoms in total. The second kappa shape index (κ2) is 61.6. The third-order valence-electron chi connectivity index (χ3n) is 13.0. The Balaban J connectivity index is 4.17. The van der Waals surface area contributed by atoms with Crippen LogP contribution >= 0.6 is 0 Å². The van der Waals surface area contributed by atoms with Gasteiger partial charge in [-0.1, -0.05) is 265 Å². The Bertz CT molecular complexity index is 1510. The second-order valence-corrected chi connectivity index (χ2v) is 20.2. The Morgan fingerprint density at radius 1 is 0.284 bits per heavy atom. The zero-order valence-corrected chi connectivity index (χ0v) is 48.3. The lowest BCUT2D eigenvalue weighted by Crippen LogP contribution is -2.30. The second-order valence-electron chi connectivity index (χ2n) is 20.2. The van der Waals surface area contributed by atoms with E-state index in [1.54, 1.807) is 0 Å². The van der Waals surface area contributed by atoms with Crippen LogP contribution in [0.15, 0.2) is 109 Å². The topological polar surface area (TPSA) is 78.9 Å². The molecule has 0 N–H and O–H groups in total. The third-order valence-corrected chi connectivity index (χ3v) is 13.0. The van der Waals surface area contributed by atoms with E-state index in [0.717, 1.165) is 122 Å². The van der Waals surface area contributed by atoms with Crippen LogP contribution in [0.4, 0.5) is 0 Å². The van der Waals surface area contributed by atoms with Gasteiger partial charge in [0.2, 0.25) is 0 Å². The predicted molar refractivity (Wildman–Crippen MR) is 320 cm³/mol. The first kappa shape index (κ1) is 70.1.